The van der Waals surface area contributed by atoms with Gasteiger partial charge >= 0.3 is 0 Å². The van der Waals surface area contributed by atoms with Gasteiger partial charge in [0.2, 0.25) is 0 Å². The average Bonchev–Trinajstić information content (AvgIpc) is 2.56. The first-order valence-corrected chi connectivity index (χ1v) is 6.71. The number of carbonyl (C=O) groups is 1. The maximum atomic E-state index is 12.3. The molecule has 0 aliphatic carbocycles. The van der Waals surface area contributed by atoms with Gasteiger partial charge < -0.3 is 15.2 Å². The first-order chi connectivity index (χ1) is 10.7. The highest BCUT2D eigenvalue weighted by Gasteiger charge is 2.14. The van der Waals surface area contributed by atoms with E-state index >= 15 is 0 Å². The first-order valence-electron chi connectivity index (χ1n) is 6.71. The van der Waals surface area contributed by atoms with Crippen molar-refractivity contribution < 1.29 is 14.6 Å². The van der Waals surface area contributed by atoms with Crippen molar-refractivity contribution in [1.82, 2.24) is 4.98 Å². The molecule has 2 N–H and O–H groups in total. The molecule has 23 heavy (non-hydrogen) atoms. The SMILES string of the molecule is C.COc1ccc(NC(=O)c2ccc3cccnc3c2O)cc1. The molecule has 0 saturated heterocycles. The van der Waals surface area contributed by atoms with Crippen LogP contribution in [0.3, 0.4) is 0 Å². The van der Waals surface area contributed by atoms with Gasteiger partial charge in [-0.15, -0.1) is 0 Å². The van der Waals surface area contributed by atoms with Gasteiger partial charge in [-0.2, -0.15) is 0 Å². The predicted octanol–water partition coefficient (Wildman–Crippen LogP) is 3.84. The van der Waals surface area contributed by atoms with Crippen LogP contribution in [0.15, 0.2) is 54.7 Å². The lowest BCUT2D eigenvalue weighted by atomic mass is 10.1. The van der Waals surface area contributed by atoms with Gasteiger partial charge in [-0.3, -0.25) is 9.78 Å². The van der Waals surface area contributed by atoms with Crippen LogP contribution in [0.2, 0.25) is 0 Å². The number of carbonyl (C=O) groups excluding carboxylic acids is 1. The molecular weight excluding hydrogens is 292 g/mol. The number of hydrogen-bond acceptors (Lipinski definition) is 4. The Hall–Kier alpha value is -3.08. The van der Waals surface area contributed by atoms with Crippen molar-refractivity contribution in [3.63, 3.8) is 0 Å². The van der Waals surface area contributed by atoms with E-state index in [4.69, 9.17) is 4.74 Å². The molecule has 118 valence electrons. The zero-order chi connectivity index (χ0) is 15.5. The summed E-state index contributed by atoms with van der Waals surface area (Å²) in [7, 11) is 1.58. The maximum Gasteiger partial charge on any atom is 0.259 e. The lowest BCUT2D eigenvalue weighted by Gasteiger charge is -2.09. The highest BCUT2D eigenvalue weighted by atomic mass is 16.5. The maximum absolute atomic E-state index is 12.3. The van der Waals surface area contributed by atoms with E-state index < -0.39 is 5.91 Å². The number of benzene rings is 2. The topological polar surface area (TPSA) is 71.5 Å². The summed E-state index contributed by atoms with van der Waals surface area (Å²) >= 11 is 0. The number of phenolic OH excluding ortho intramolecular Hbond substituents is 1. The summed E-state index contributed by atoms with van der Waals surface area (Å²) in [5, 5.41) is 13.7. The van der Waals surface area contributed by atoms with Crippen molar-refractivity contribution in [2.75, 3.05) is 12.4 Å². The molecule has 3 rings (SSSR count). The Bertz CT molecular complexity index is 829. The molecule has 0 atom stereocenters. The van der Waals surface area contributed by atoms with Gasteiger partial charge in [0.15, 0.2) is 5.75 Å². The third-order valence-electron chi connectivity index (χ3n) is 3.34. The summed E-state index contributed by atoms with van der Waals surface area (Å²) in [6.07, 6.45) is 1.58. The summed E-state index contributed by atoms with van der Waals surface area (Å²) in [4.78, 5) is 16.4. The molecule has 0 aliphatic rings. The number of fused-ring (bicyclic) bond motifs is 1. The Labute approximate surface area is 134 Å². The second-order valence-corrected chi connectivity index (χ2v) is 4.72. The number of ether oxygens (including phenoxy) is 1. The molecule has 0 bridgehead atoms. The van der Waals surface area contributed by atoms with E-state index in [1.54, 1.807) is 55.8 Å². The molecule has 5 heteroatoms. The van der Waals surface area contributed by atoms with Crippen LogP contribution in [0.1, 0.15) is 17.8 Å². The van der Waals surface area contributed by atoms with E-state index in [0.717, 1.165) is 5.39 Å². The average molecular weight is 310 g/mol. The molecule has 1 aromatic heterocycles. The molecule has 2 aromatic carbocycles. The Morgan fingerprint density at radius 1 is 1.13 bits per heavy atom. The summed E-state index contributed by atoms with van der Waals surface area (Å²) in [5.74, 6) is 0.190. The Morgan fingerprint density at radius 3 is 2.57 bits per heavy atom. The highest BCUT2D eigenvalue weighted by molar-refractivity contribution is 6.09. The van der Waals surface area contributed by atoms with E-state index in [0.29, 0.717) is 17.0 Å². The number of nitrogens with zero attached hydrogens (tertiary/aromatic N) is 1. The molecule has 0 spiro atoms. The monoisotopic (exact) mass is 310 g/mol. The molecule has 0 unspecified atom stereocenters. The number of nitrogens with one attached hydrogen (secondary N) is 1. The minimum absolute atomic E-state index is 0. The second kappa shape index (κ2) is 6.79. The molecule has 3 aromatic rings. The third-order valence-corrected chi connectivity index (χ3v) is 3.34. The van der Waals surface area contributed by atoms with E-state index in [9.17, 15) is 9.90 Å². The lowest BCUT2D eigenvalue weighted by Crippen LogP contribution is -2.12. The van der Waals surface area contributed by atoms with Gasteiger partial charge in [0.05, 0.1) is 12.7 Å². The van der Waals surface area contributed by atoms with Crippen molar-refractivity contribution in [1.29, 1.82) is 0 Å². The normalized spacial score (nSPS) is 9.96. The Kier molecular flexibility index (Phi) is 4.81. The smallest absolute Gasteiger partial charge is 0.259 e. The molecule has 1 amide bonds. The molecule has 5 nitrogen and oxygen atoms in total. The van der Waals surface area contributed by atoms with Gasteiger partial charge in [-0.1, -0.05) is 19.6 Å². The van der Waals surface area contributed by atoms with E-state index in [1.165, 1.54) is 0 Å². The summed E-state index contributed by atoms with van der Waals surface area (Å²) in [6, 6.07) is 13.9. The summed E-state index contributed by atoms with van der Waals surface area (Å²) < 4.78 is 5.07. The van der Waals surface area contributed by atoms with E-state index in [-0.39, 0.29) is 18.7 Å². The summed E-state index contributed by atoms with van der Waals surface area (Å²) in [5.41, 5.74) is 1.21. The number of anilines is 1. The molecule has 0 fully saturated rings. The van der Waals surface area contributed by atoms with Crippen LogP contribution < -0.4 is 10.1 Å². The quantitative estimate of drug-likeness (QED) is 0.771. The zero-order valence-electron chi connectivity index (χ0n) is 11.9. The second-order valence-electron chi connectivity index (χ2n) is 4.72. The van der Waals surface area contributed by atoms with Crippen LogP contribution in [0.4, 0.5) is 5.69 Å². The summed E-state index contributed by atoms with van der Waals surface area (Å²) in [6.45, 7) is 0. The van der Waals surface area contributed by atoms with Gasteiger partial charge in [0.1, 0.15) is 11.3 Å². The Morgan fingerprint density at radius 2 is 1.87 bits per heavy atom. The number of amides is 1. The number of aromatic hydroxyl groups is 1. The van der Waals surface area contributed by atoms with Crippen molar-refractivity contribution >= 4 is 22.5 Å². The number of phenols is 1. The zero-order valence-corrected chi connectivity index (χ0v) is 11.9. The number of pyridine rings is 1. The number of methoxy groups -OCH3 is 1. The molecule has 0 saturated carbocycles. The Balaban J connectivity index is 0.00000192. The molecular formula is C18H18N2O3. The van der Waals surface area contributed by atoms with Gasteiger partial charge in [0.25, 0.3) is 5.91 Å². The van der Waals surface area contributed by atoms with E-state index in [1.807, 2.05) is 6.07 Å². The number of aromatic nitrogens is 1. The fourth-order valence-corrected chi connectivity index (χ4v) is 2.19. The molecule has 1 heterocycles. The van der Waals surface area contributed by atoms with Gasteiger partial charge in [-0.05, 0) is 36.4 Å². The van der Waals surface area contributed by atoms with Gasteiger partial charge in [0, 0.05) is 17.3 Å². The van der Waals surface area contributed by atoms with Crippen molar-refractivity contribution in [3.8, 4) is 11.5 Å². The third kappa shape index (κ3) is 3.23. The van der Waals surface area contributed by atoms with Crippen LogP contribution in [0, 0.1) is 0 Å². The number of rotatable bonds is 3. The number of hydrogen-bond donors (Lipinski definition) is 2. The largest absolute Gasteiger partial charge is 0.505 e. The fourth-order valence-electron chi connectivity index (χ4n) is 2.19. The minimum Gasteiger partial charge on any atom is -0.505 e. The highest BCUT2D eigenvalue weighted by Crippen LogP contribution is 2.27. The molecule has 0 radical (unpaired) electrons. The van der Waals surface area contributed by atoms with Crippen LogP contribution in [0.5, 0.6) is 11.5 Å². The van der Waals surface area contributed by atoms with Crippen molar-refractivity contribution in [2.45, 2.75) is 7.43 Å². The van der Waals surface area contributed by atoms with Crippen molar-refractivity contribution in [2.24, 2.45) is 0 Å². The molecule has 0 aliphatic heterocycles. The van der Waals surface area contributed by atoms with E-state index in [2.05, 4.69) is 10.3 Å². The first kappa shape index (κ1) is 16.3. The predicted molar refractivity (Wildman–Crippen MR) is 91.1 cm³/mol. The van der Waals surface area contributed by atoms with Gasteiger partial charge in [-0.25, -0.2) is 0 Å². The van der Waals surface area contributed by atoms with Crippen LogP contribution >= 0.6 is 0 Å². The minimum atomic E-state index is -0.393. The lowest BCUT2D eigenvalue weighted by molar-refractivity contribution is 0.102. The van der Waals surface area contributed by atoms with Crippen LogP contribution in [-0.4, -0.2) is 23.1 Å². The van der Waals surface area contributed by atoms with Crippen LogP contribution in [-0.2, 0) is 0 Å². The van der Waals surface area contributed by atoms with Crippen molar-refractivity contribution in [3.05, 3.63) is 60.3 Å². The standard InChI is InChI=1S/C17H14N2O3.CH4/c1-22-13-7-5-12(6-8-13)19-17(21)14-9-4-11-3-2-10-18-15(11)16(14)20;/h2-10,20H,1H3,(H,19,21);1H4. The fraction of sp³-hybridized carbons (Fsp3) is 0.111. The van der Waals surface area contributed by atoms with Crippen LogP contribution in [0.25, 0.3) is 10.9 Å².